The van der Waals surface area contributed by atoms with Crippen molar-refractivity contribution in [3.05, 3.63) is 229 Å². The van der Waals surface area contributed by atoms with Gasteiger partial charge in [0.15, 0.2) is 0 Å². The monoisotopic (exact) mass is 744 g/mol. The van der Waals surface area contributed by atoms with E-state index in [9.17, 15) is 0 Å². The largest absolute Gasteiger partial charge is 0.281 e. The predicted octanol–water partition coefficient (Wildman–Crippen LogP) is 15.8. The van der Waals surface area contributed by atoms with Crippen LogP contribution in [0.2, 0.25) is 0 Å². The van der Waals surface area contributed by atoms with E-state index in [2.05, 4.69) is 201 Å². The summed E-state index contributed by atoms with van der Waals surface area (Å²) in [5.74, 6) is 1.32. The summed E-state index contributed by atoms with van der Waals surface area (Å²) < 4.78 is 0. The summed E-state index contributed by atoms with van der Waals surface area (Å²) in [4.78, 5) is 5.04. The highest BCUT2D eigenvalue weighted by Crippen LogP contribution is 2.31. The Bertz CT molecular complexity index is 1830. The van der Waals surface area contributed by atoms with E-state index in [1.165, 1.54) is 22.3 Å². The van der Waals surface area contributed by atoms with Crippen LogP contribution in [0, 0.1) is 17.8 Å². The molecular weight excluding hydrogens is 675 g/mol. The molecule has 1 aromatic carbocycles. The SMILES string of the molecule is C=C\C=C/C(C)=C(C)/C=C/CCC(=C)C(=C)CCC(=C)CN=C(/C=C/C/C=C\C=C(/C)C(=C)C(/C=C\C=C/C)C(C)C)/C=C/C1C=CC=CC1c1ccccc1. The van der Waals surface area contributed by atoms with Gasteiger partial charge in [-0.3, -0.25) is 4.99 Å². The lowest BCUT2D eigenvalue weighted by Crippen LogP contribution is -2.09. The highest BCUT2D eigenvalue weighted by molar-refractivity contribution is 6.04. The topological polar surface area (TPSA) is 12.4 Å². The van der Waals surface area contributed by atoms with Gasteiger partial charge in [0.05, 0.1) is 12.3 Å². The van der Waals surface area contributed by atoms with Gasteiger partial charge in [-0.2, -0.15) is 0 Å². The van der Waals surface area contributed by atoms with Crippen LogP contribution in [0.1, 0.15) is 85.1 Å². The van der Waals surface area contributed by atoms with Crippen molar-refractivity contribution in [2.75, 3.05) is 6.54 Å². The Kier molecular flexibility index (Phi) is 22.9. The number of rotatable bonds is 24. The van der Waals surface area contributed by atoms with Crippen LogP contribution in [0.3, 0.4) is 0 Å². The molecule has 0 aliphatic heterocycles. The first kappa shape index (κ1) is 46.9. The number of nitrogens with zero attached hydrogens (tertiary/aromatic N) is 1. The molecule has 1 aliphatic rings. The minimum Gasteiger partial charge on any atom is -0.281 e. The van der Waals surface area contributed by atoms with E-state index in [4.69, 9.17) is 4.99 Å². The number of benzene rings is 1. The maximum atomic E-state index is 5.04. The zero-order valence-corrected chi connectivity index (χ0v) is 35.5. The summed E-state index contributed by atoms with van der Waals surface area (Å²) >= 11 is 0. The van der Waals surface area contributed by atoms with Gasteiger partial charge < -0.3 is 0 Å². The van der Waals surface area contributed by atoms with Gasteiger partial charge >= 0.3 is 0 Å². The Morgan fingerprint density at radius 2 is 1.48 bits per heavy atom. The normalized spacial score (nSPS) is 17.8. The quantitative estimate of drug-likeness (QED) is 0.0568. The Labute approximate surface area is 342 Å². The lowest BCUT2D eigenvalue weighted by Gasteiger charge is -2.21. The molecule has 0 radical (unpaired) electrons. The Balaban J connectivity index is 2.10. The van der Waals surface area contributed by atoms with Gasteiger partial charge in [0.25, 0.3) is 0 Å². The second kappa shape index (κ2) is 27.3. The third-order valence-corrected chi connectivity index (χ3v) is 9.99. The molecule has 1 aliphatic carbocycles. The molecule has 2 rings (SSSR count). The Morgan fingerprint density at radius 3 is 2.20 bits per heavy atom. The summed E-state index contributed by atoms with van der Waals surface area (Å²) in [6.07, 6.45) is 47.1. The first-order chi connectivity index (χ1) is 27.0. The van der Waals surface area contributed by atoms with E-state index in [-0.39, 0.29) is 11.8 Å². The van der Waals surface area contributed by atoms with Crippen LogP contribution in [0.5, 0.6) is 0 Å². The zero-order chi connectivity index (χ0) is 41.1. The molecule has 0 N–H and O–H groups in total. The highest BCUT2D eigenvalue weighted by atomic mass is 14.7. The van der Waals surface area contributed by atoms with E-state index in [0.717, 1.165) is 60.1 Å². The lowest BCUT2D eigenvalue weighted by molar-refractivity contribution is 0.531. The maximum absolute atomic E-state index is 5.04. The summed E-state index contributed by atoms with van der Waals surface area (Å²) in [7, 11) is 0. The predicted molar refractivity (Wildman–Crippen MR) is 253 cm³/mol. The minimum absolute atomic E-state index is 0.245. The Hall–Kier alpha value is -5.27. The molecule has 0 spiro atoms. The van der Waals surface area contributed by atoms with Crippen molar-refractivity contribution >= 4 is 5.71 Å². The fraction of sp³-hybridized carbons (Fsp3) is 0.291. The lowest BCUT2D eigenvalue weighted by atomic mass is 9.82. The third-order valence-electron chi connectivity index (χ3n) is 9.99. The fourth-order valence-corrected chi connectivity index (χ4v) is 6.11. The molecule has 56 heavy (non-hydrogen) atoms. The number of aliphatic imine (C=N–C) groups is 1. The summed E-state index contributed by atoms with van der Waals surface area (Å²) in [5.41, 5.74) is 10.4. The van der Waals surface area contributed by atoms with Gasteiger partial charge in [0.2, 0.25) is 0 Å². The van der Waals surface area contributed by atoms with Crippen molar-refractivity contribution in [1.82, 2.24) is 0 Å². The van der Waals surface area contributed by atoms with Crippen LogP contribution in [0.15, 0.2) is 229 Å². The Morgan fingerprint density at radius 1 is 0.768 bits per heavy atom. The highest BCUT2D eigenvalue weighted by Gasteiger charge is 2.18. The van der Waals surface area contributed by atoms with Gasteiger partial charge in [0, 0.05) is 17.8 Å². The van der Waals surface area contributed by atoms with Crippen molar-refractivity contribution in [2.45, 2.75) is 79.6 Å². The van der Waals surface area contributed by atoms with Crippen LogP contribution in [0.25, 0.3) is 0 Å². The average Bonchev–Trinajstić information content (AvgIpc) is 3.20. The van der Waals surface area contributed by atoms with Crippen molar-refractivity contribution in [2.24, 2.45) is 22.7 Å². The van der Waals surface area contributed by atoms with Gasteiger partial charge in [-0.1, -0.05) is 203 Å². The van der Waals surface area contributed by atoms with Gasteiger partial charge in [-0.15, -0.1) is 0 Å². The molecule has 0 bridgehead atoms. The molecule has 0 saturated heterocycles. The van der Waals surface area contributed by atoms with Crippen LogP contribution < -0.4 is 0 Å². The van der Waals surface area contributed by atoms with Crippen LogP contribution in [0.4, 0.5) is 0 Å². The first-order valence-electron chi connectivity index (χ1n) is 20.2. The number of hydrogen-bond donors (Lipinski definition) is 0. The van der Waals surface area contributed by atoms with Crippen molar-refractivity contribution in [3.63, 3.8) is 0 Å². The summed E-state index contributed by atoms with van der Waals surface area (Å²) in [6, 6.07) is 10.7. The molecule has 0 amide bonds. The molecule has 0 saturated carbocycles. The first-order valence-corrected chi connectivity index (χ1v) is 20.2. The van der Waals surface area contributed by atoms with E-state index in [1.807, 2.05) is 19.1 Å². The molecule has 294 valence electrons. The van der Waals surface area contributed by atoms with Gasteiger partial charge in [-0.25, -0.2) is 0 Å². The molecule has 3 atom stereocenters. The van der Waals surface area contributed by atoms with Crippen molar-refractivity contribution < 1.29 is 0 Å². The van der Waals surface area contributed by atoms with E-state index in [0.29, 0.717) is 18.4 Å². The standard InChI is InChI=1S/C55H69N/c1-12-14-19-36-54(43(3)4)50(11)49(10)31-20-16-17-23-35-53(41-40-52-34-26-27-37-55(52)51-32-21-18-22-33-51)56-42-44(5)38-39-48(9)47(8)30-25-24-29-46(7)45(6)28-15-13-2/h12-16,18-24,26-29,31-37,40-41,43,52,54-55H,2,5,8-9,11,17,25,30,38-39,42H2,1,3-4,6-7,10H3/b14-12-,20-16-,28-15-,29-24+,35-23+,36-19-,41-40+,46-45+,49-31+,56-53?. The third kappa shape index (κ3) is 18.4. The zero-order valence-electron chi connectivity index (χ0n) is 35.5. The van der Waals surface area contributed by atoms with Crippen LogP contribution in [-0.4, -0.2) is 12.3 Å². The molecule has 0 aromatic heterocycles. The van der Waals surface area contributed by atoms with E-state index < -0.39 is 0 Å². The minimum atomic E-state index is 0.245. The van der Waals surface area contributed by atoms with E-state index in [1.54, 1.807) is 6.08 Å². The van der Waals surface area contributed by atoms with Gasteiger partial charge in [-0.05, 0) is 106 Å². The fourth-order valence-electron chi connectivity index (χ4n) is 6.11. The average molecular weight is 744 g/mol. The summed E-state index contributed by atoms with van der Waals surface area (Å²) in [5, 5.41) is 0. The molecule has 3 unspecified atom stereocenters. The maximum Gasteiger partial charge on any atom is 0.0604 e. The molecule has 1 nitrogen and oxygen atoms in total. The number of hydrogen-bond acceptors (Lipinski definition) is 1. The molecule has 0 heterocycles. The van der Waals surface area contributed by atoms with Crippen molar-refractivity contribution in [3.8, 4) is 0 Å². The second-order valence-corrected chi connectivity index (χ2v) is 14.9. The smallest absolute Gasteiger partial charge is 0.0604 e. The van der Waals surface area contributed by atoms with Crippen LogP contribution in [-0.2, 0) is 0 Å². The second-order valence-electron chi connectivity index (χ2n) is 14.9. The molecule has 1 heteroatoms. The molecule has 0 fully saturated rings. The molecule has 1 aromatic rings. The van der Waals surface area contributed by atoms with Crippen LogP contribution >= 0.6 is 0 Å². The van der Waals surface area contributed by atoms with Crippen molar-refractivity contribution in [1.29, 1.82) is 0 Å². The molecular formula is C55H69N. The van der Waals surface area contributed by atoms with E-state index >= 15 is 0 Å². The number of allylic oxidation sites excluding steroid dienone is 26. The van der Waals surface area contributed by atoms with Gasteiger partial charge in [0.1, 0.15) is 0 Å². The summed E-state index contributed by atoms with van der Waals surface area (Å²) in [6.45, 7) is 34.7.